The van der Waals surface area contributed by atoms with Crippen molar-refractivity contribution < 1.29 is 0 Å². The summed E-state index contributed by atoms with van der Waals surface area (Å²) in [7, 11) is 2.26. The fourth-order valence-corrected chi connectivity index (χ4v) is 3.67. The highest BCUT2D eigenvalue weighted by molar-refractivity contribution is 5.53. The highest BCUT2D eigenvalue weighted by Crippen LogP contribution is 2.25. The molecule has 2 heterocycles. The van der Waals surface area contributed by atoms with Crippen LogP contribution in [0.1, 0.15) is 19.4 Å². The Morgan fingerprint density at radius 3 is 2.60 bits per heavy atom. The Morgan fingerprint density at radius 2 is 1.85 bits per heavy atom. The number of para-hydroxylation sites is 1. The van der Waals surface area contributed by atoms with Gasteiger partial charge in [0.15, 0.2) is 0 Å². The Kier molecular flexibility index (Phi) is 3.99. The molecule has 0 saturated carbocycles. The molecule has 20 heavy (non-hydrogen) atoms. The van der Waals surface area contributed by atoms with Crippen molar-refractivity contribution >= 4 is 5.69 Å². The van der Waals surface area contributed by atoms with Crippen LogP contribution in [-0.2, 0) is 6.42 Å². The van der Waals surface area contributed by atoms with Gasteiger partial charge in [-0.25, -0.2) is 0 Å². The first kappa shape index (κ1) is 13.9. The lowest BCUT2D eigenvalue weighted by molar-refractivity contribution is 0.0514. The molecule has 3 heteroatoms. The molecule has 1 saturated heterocycles. The van der Waals surface area contributed by atoms with E-state index >= 15 is 0 Å². The molecule has 0 aromatic heterocycles. The number of benzene rings is 1. The number of fused-ring (bicyclic) bond motifs is 1. The number of piperazine rings is 1. The van der Waals surface area contributed by atoms with Gasteiger partial charge in [-0.2, -0.15) is 0 Å². The molecule has 3 nitrogen and oxygen atoms in total. The molecule has 1 aromatic rings. The largest absolute Gasteiger partial charge is 0.384 e. The van der Waals surface area contributed by atoms with Crippen molar-refractivity contribution in [2.24, 2.45) is 5.92 Å². The summed E-state index contributed by atoms with van der Waals surface area (Å²) in [4.78, 5) is 5.17. The molecule has 0 bridgehead atoms. The Balaban J connectivity index is 1.60. The summed E-state index contributed by atoms with van der Waals surface area (Å²) in [6.45, 7) is 9.45. The third-order valence-corrected chi connectivity index (χ3v) is 5.06. The number of anilines is 1. The number of nitrogens with zero attached hydrogens (tertiary/aromatic N) is 2. The maximum Gasteiger partial charge on any atom is 0.0372 e. The molecule has 0 amide bonds. The van der Waals surface area contributed by atoms with Crippen LogP contribution in [0, 0.1) is 5.92 Å². The minimum atomic E-state index is 0.669. The van der Waals surface area contributed by atoms with E-state index in [1.807, 2.05) is 0 Å². The monoisotopic (exact) mass is 273 g/mol. The van der Waals surface area contributed by atoms with Gasteiger partial charge in [0, 0.05) is 44.0 Å². The van der Waals surface area contributed by atoms with E-state index in [1.54, 1.807) is 0 Å². The second-order valence-electron chi connectivity index (χ2n) is 6.69. The van der Waals surface area contributed by atoms with Crippen LogP contribution in [0.3, 0.4) is 0 Å². The molecule has 0 spiro atoms. The van der Waals surface area contributed by atoms with E-state index in [0.717, 1.165) is 12.5 Å². The third kappa shape index (κ3) is 2.84. The third-order valence-electron chi connectivity index (χ3n) is 5.06. The fraction of sp³-hybridized carbons (Fsp3) is 0.647. The van der Waals surface area contributed by atoms with E-state index in [9.17, 15) is 0 Å². The summed E-state index contributed by atoms with van der Waals surface area (Å²) in [6, 6.07) is 10.1. The van der Waals surface area contributed by atoms with Gasteiger partial charge in [-0.15, -0.1) is 0 Å². The Morgan fingerprint density at radius 1 is 1.15 bits per heavy atom. The topological polar surface area (TPSA) is 18.5 Å². The van der Waals surface area contributed by atoms with Crippen molar-refractivity contribution in [3.05, 3.63) is 29.8 Å². The molecule has 1 N–H and O–H groups in total. The summed E-state index contributed by atoms with van der Waals surface area (Å²) in [5.74, 6) is 0.743. The van der Waals surface area contributed by atoms with E-state index in [2.05, 4.69) is 60.3 Å². The normalized spacial score (nSPS) is 31.6. The van der Waals surface area contributed by atoms with Crippen LogP contribution in [0.5, 0.6) is 0 Å². The number of hydrogen-bond donors (Lipinski definition) is 1. The molecular weight excluding hydrogens is 246 g/mol. The minimum absolute atomic E-state index is 0.669. The zero-order chi connectivity index (χ0) is 14.1. The first-order valence-electron chi connectivity index (χ1n) is 7.89. The van der Waals surface area contributed by atoms with Crippen molar-refractivity contribution in [3.8, 4) is 0 Å². The van der Waals surface area contributed by atoms with Crippen LogP contribution in [0.2, 0.25) is 0 Å². The summed E-state index contributed by atoms with van der Waals surface area (Å²) < 4.78 is 0. The van der Waals surface area contributed by atoms with Gasteiger partial charge in [0.2, 0.25) is 0 Å². The van der Waals surface area contributed by atoms with Crippen LogP contribution in [0.25, 0.3) is 0 Å². The summed E-state index contributed by atoms with van der Waals surface area (Å²) in [6.07, 6.45) is 1.22. The number of rotatable bonds is 2. The molecule has 0 aliphatic carbocycles. The SMILES string of the molecule is CC1CN(CC2CNc3ccccc3C2)CC(C)N1C. The summed E-state index contributed by atoms with van der Waals surface area (Å²) in [5.41, 5.74) is 2.82. The van der Waals surface area contributed by atoms with Gasteiger partial charge in [0.05, 0.1) is 0 Å². The van der Waals surface area contributed by atoms with E-state index in [4.69, 9.17) is 0 Å². The predicted octanol–water partition coefficient (Wildman–Crippen LogP) is 2.30. The maximum absolute atomic E-state index is 3.60. The Hall–Kier alpha value is -1.06. The molecule has 2 aliphatic heterocycles. The second kappa shape index (κ2) is 5.74. The quantitative estimate of drug-likeness (QED) is 0.892. The average Bonchev–Trinajstić information content (AvgIpc) is 2.44. The van der Waals surface area contributed by atoms with Crippen molar-refractivity contribution in [1.82, 2.24) is 9.80 Å². The lowest BCUT2D eigenvalue weighted by atomic mass is 9.93. The van der Waals surface area contributed by atoms with Crippen LogP contribution < -0.4 is 5.32 Å². The smallest absolute Gasteiger partial charge is 0.0372 e. The first-order valence-corrected chi connectivity index (χ1v) is 7.89. The van der Waals surface area contributed by atoms with E-state index in [-0.39, 0.29) is 0 Å². The van der Waals surface area contributed by atoms with Crippen molar-refractivity contribution in [2.45, 2.75) is 32.4 Å². The Labute approximate surface area is 123 Å². The predicted molar refractivity (Wildman–Crippen MR) is 85.3 cm³/mol. The van der Waals surface area contributed by atoms with Crippen LogP contribution in [-0.4, -0.2) is 55.1 Å². The molecule has 110 valence electrons. The molecule has 3 rings (SSSR count). The first-order chi connectivity index (χ1) is 9.63. The van der Waals surface area contributed by atoms with Crippen LogP contribution in [0.4, 0.5) is 5.69 Å². The zero-order valence-electron chi connectivity index (χ0n) is 13.0. The molecule has 3 atom stereocenters. The van der Waals surface area contributed by atoms with Crippen LogP contribution >= 0.6 is 0 Å². The standard InChI is InChI=1S/C17H27N3/c1-13-10-20(11-14(2)19(13)3)12-15-8-16-6-4-5-7-17(16)18-9-15/h4-7,13-15,18H,8-12H2,1-3H3. The van der Waals surface area contributed by atoms with E-state index in [0.29, 0.717) is 12.1 Å². The zero-order valence-corrected chi connectivity index (χ0v) is 13.0. The van der Waals surface area contributed by atoms with E-state index < -0.39 is 0 Å². The number of hydrogen-bond acceptors (Lipinski definition) is 3. The lowest BCUT2D eigenvalue weighted by Crippen LogP contribution is -2.56. The highest BCUT2D eigenvalue weighted by Gasteiger charge is 2.28. The van der Waals surface area contributed by atoms with Crippen molar-refractivity contribution in [1.29, 1.82) is 0 Å². The summed E-state index contributed by atoms with van der Waals surface area (Å²) >= 11 is 0. The molecule has 2 aliphatic rings. The van der Waals surface area contributed by atoms with Crippen LogP contribution in [0.15, 0.2) is 24.3 Å². The number of nitrogens with one attached hydrogen (secondary N) is 1. The van der Waals surface area contributed by atoms with Gasteiger partial charge >= 0.3 is 0 Å². The number of likely N-dealkylation sites (N-methyl/N-ethyl adjacent to an activating group) is 1. The molecular formula is C17H27N3. The molecule has 0 radical (unpaired) electrons. The molecule has 3 unspecified atom stereocenters. The van der Waals surface area contributed by atoms with Crippen molar-refractivity contribution in [2.75, 3.05) is 38.5 Å². The van der Waals surface area contributed by atoms with Gasteiger partial charge in [-0.3, -0.25) is 9.80 Å². The summed E-state index contributed by atoms with van der Waals surface area (Å²) in [5, 5.41) is 3.60. The average molecular weight is 273 g/mol. The Bertz CT molecular complexity index is 447. The second-order valence-corrected chi connectivity index (χ2v) is 6.69. The lowest BCUT2D eigenvalue weighted by Gasteiger charge is -2.44. The van der Waals surface area contributed by atoms with Crippen molar-refractivity contribution in [3.63, 3.8) is 0 Å². The highest BCUT2D eigenvalue weighted by atomic mass is 15.3. The van der Waals surface area contributed by atoms with Gasteiger partial charge in [-0.05, 0) is 44.9 Å². The minimum Gasteiger partial charge on any atom is -0.384 e. The maximum atomic E-state index is 3.60. The molecule has 1 fully saturated rings. The molecule has 1 aromatic carbocycles. The van der Waals surface area contributed by atoms with Gasteiger partial charge in [0.25, 0.3) is 0 Å². The van der Waals surface area contributed by atoms with Gasteiger partial charge in [-0.1, -0.05) is 18.2 Å². The van der Waals surface area contributed by atoms with Gasteiger partial charge < -0.3 is 5.32 Å². The van der Waals surface area contributed by atoms with E-state index in [1.165, 1.54) is 37.3 Å². The van der Waals surface area contributed by atoms with Gasteiger partial charge in [0.1, 0.15) is 0 Å². The fourth-order valence-electron chi connectivity index (χ4n) is 3.67.